The first-order valence-corrected chi connectivity index (χ1v) is 10.8. The van der Waals surface area contributed by atoms with E-state index in [9.17, 15) is 4.79 Å². The lowest BCUT2D eigenvalue weighted by Crippen LogP contribution is -2.12. The third kappa shape index (κ3) is 6.14. The Kier molecular flexibility index (Phi) is 7.78. The van der Waals surface area contributed by atoms with E-state index in [1.165, 1.54) is 41.9 Å². The Labute approximate surface area is 175 Å². The highest BCUT2D eigenvalue weighted by molar-refractivity contribution is 7.13. The Balaban J connectivity index is 1.56. The lowest BCUT2D eigenvalue weighted by atomic mass is 10.0. The lowest BCUT2D eigenvalue weighted by molar-refractivity contribution is 0.102. The molecule has 1 amide bonds. The molecule has 0 aliphatic carbocycles. The largest absolute Gasteiger partial charge is 0.390 e. The zero-order chi connectivity index (χ0) is 20.5. The highest BCUT2D eigenvalue weighted by Crippen LogP contribution is 2.20. The van der Waals surface area contributed by atoms with E-state index < -0.39 is 0 Å². The molecule has 29 heavy (non-hydrogen) atoms. The third-order valence-electron chi connectivity index (χ3n) is 4.70. The number of aryl methyl sites for hydroxylation is 1. The molecule has 0 radical (unpaired) electrons. The van der Waals surface area contributed by atoms with Crippen LogP contribution in [0.4, 0.5) is 10.8 Å². The first-order valence-electron chi connectivity index (χ1n) is 9.97. The first-order chi connectivity index (χ1) is 14.2. The molecule has 0 unspecified atom stereocenters. The Morgan fingerprint density at radius 2 is 1.90 bits per heavy atom. The van der Waals surface area contributed by atoms with E-state index in [1.807, 2.05) is 24.3 Å². The average molecular weight is 410 g/mol. The van der Waals surface area contributed by atoms with Gasteiger partial charge >= 0.3 is 0 Å². The number of aromatic nitrogens is 1. The maximum atomic E-state index is 12.3. The number of thiazole rings is 1. The minimum Gasteiger partial charge on any atom is -0.390 e. The van der Waals surface area contributed by atoms with Crippen molar-refractivity contribution in [1.82, 2.24) is 4.98 Å². The molecule has 152 valence electrons. The molecule has 0 spiro atoms. The quantitative estimate of drug-likeness (QED) is 0.401. The molecular weight excluding hydrogens is 382 g/mol. The minimum atomic E-state index is -0.204. The highest BCUT2D eigenvalue weighted by atomic mass is 32.1. The second-order valence-corrected chi connectivity index (χ2v) is 7.78. The number of benzene rings is 2. The van der Waals surface area contributed by atoms with E-state index in [0.29, 0.717) is 22.9 Å². The van der Waals surface area contributed by atoms with E-state index in [0.717, 1.165) is 12.0 Å². The Hall–Kier alpha value is -2.70. The number of aliphatic hydroxyl groups excluding tert-OH is 1. The van der Waals surface area contributed by atoms with Gasteiger partial charge in [-0.05, 0) is 42.2 Å². The van der Waals surface area contributed by atoms with Crippen LogP contribution in [-0.4, -0.2) is 16.0 Å². The van der Waals surface area contributed by atoms with Gasteiger partial charge in [0.1, 0.15) is 0 Å². The van der Waals surface area contributed by atoms with Crippen LogP contribution in [0.25, 0.3) is 0 Å². The Morgan fingerprint density at radius 3 is 2.62 bits per heavy atom. The number of carbonyl (C=O) groups excluding carboxylic acids is 1. The van der Waals surface area contributed by atoms with Gasteiger partial charge in [-0.3, -0.25) is 10.1 Å². The maximum absolute atomic E-state index is 12.3. The third-order valence-corrected chi connectivity index (χ3v) is 5.51. The van der Waals surface area contributed by atoms with Gasteiger partial charge in [0.15, 0.2) is 5.13 Å². The van der Waals surface area contributed by atoms with Gasteiger partial charge < -0.3 is 10.4 Å². The summed E-state index contributed by atoms with van der Waals surface area (Å²) < 4.78 is 0. The molecular formula is C23H27N3O2S. The van der Waals surface area contributed by atoms with Gasteiger partial charge in [-0.25, -0.2) is 4.98 Å². The number of nitrogens with one attached hydrogen (secondary N) is 2. The number of unbranched alkanes of at least 4 members (excludes halogenated alkanes) is 2. The molecule has 0 fully saturated rings. The van der Waals surface area contributed by atoms with E-state index in [4.69, 9.17) is 5.11 Å². The highest BCUT2D eigenvalue weighted by Gasteiger charge is 2.09. The molecule has 0 aliphatic heterocycles. The SMILES string of the molecule is CCCCCc1ccccc1NCc1ccc(C(=O)Nc2nc(CO)cs2)cc1. The summed E-state index contributed by atoms with van der Waals surface area (Å²) in [4.78, 5) is 16.5. The van der Waals surface area contributed by atoms with E-state index >= 15 is 0 Å². The standard InChI is InChI=1S/C23H27N3O2S/c1-2-3-4-7-18-8-5-6-9-21(18)24-14-17-10-12-19(13-11-17)22(28)26-23-25-20(15-27)16-29-23/h5-6,8-13,16,24,27H,2-4,7,14-15H2,1H3,(H,25,26,28). The van der Waals surface area contributed by atoms with Gasteiger partial charge in [-0.15, -0.1) is 11.3 Å². The van der Waals surface area contributed by atoms with Crippen molar-refractivity contribution in [2.45, 2.75) is 45.8 Å². The van der Waals surface area contributed by atoms with Gasteiger partial charge in [0.05, 0.1) is 12.3 Å². The second kappa shape index (κ2) is 10.7. The number of anilines is 2. The number of carbonyl (C=O) groups is 1. The molecule has 3 N–H and O–H groups in total. The van der Waals surface area contributed by atoms with Crippen LogP contribution in [0.5, 0.6) is 0 Å². The second-order valence-electron chi connectivity index (χ2n) is 6.92. The molecule has 3 aromatic rings. The number of hydrogen-bond acceptors (Lipinski definition) is 5. The van der Waals surface area contributed by atoms with Crippen molar-refractivity contribution in [2.75, 3.05) is 10.6 Å². The van der Waals surface area contributed by atoms with E-state index in [2.05, 4.69) is 46.8 Å². The van der Waals surface area contributed by atoms with Crippen molar-refractivity contribution < 1.29 is 9.90 Å². The van der Waals surface area contributed by atoms with Crippen LogP contribution in [0.3, 0.4) is 0 Å². The predicted octanol–water partition coefficient (Wildman–Crippen LogP) is 5.23. The van der Waals surface area contributed by atoms with Crippen LogP contribution in [0.15, 0.2) is 53.9 Å². The van der Waals surface area contributed by atoms with Crippen LogP contribution in [0.1, 0.15) is 53.4 Å². The summed E-state index contributed by atoms with van der Waals surface area (Å²) in [5.41, 5.74) is 4.77. The molecule has 0 aliphatic rings. The minimum absolute atomic E-state index is 0.129. The fourth-order valence-corrected chi connectivity index (χ4v) is 3.75. The van der Waals surface area contributed by atoms with Gasteiger partial charge in [0, 0.05) is 23.2 Å². The molecule has 6 heteroatoms. The Morgan fingerprint density at radius 1 is 1.10 bits per heavy atom. The van der Waals surface area contributed by atoms with Crippen LogP contribution in [0.2, 0.25) is 0 Å². The summed E-state index contributed by atoms with van der Waals surface area (Å²) in [7, 11) is 0. The summed E-state index contributed by atoms with van der Waals surface area (Å²) in [6.45, 7) is 2.80. The predicted molar refractivity (Wildman–Crippen MR) is 119 cm³/mol. The smallest absolute Gasteiger partial charge is 0.257 e. The average Bonchev–Trinajstić information content (AvgIpc) is 3.21. The van der Waals surface area contributed by atoms with Crippen molar-refractivity contribution in [3.8, 4) is 0 Å². The number of amides is 1. The van der Waals surface area contributed by atoms with Gasteiger partial charge in [-0.2, -0.15) is 0 Å². The van der Waals surface area contributed by atoms with Gasteiger partial charge in [0.25, 0.3) is 5.91 Å². The van der Waals surface area contributed by atoms with Crippen molar-refractivity contribution in [1.29, 1.82) is 0 Å². The summed E-state index contributed by atoms with van der Waals surface area (Å²) in [6, 6.07) is 16.0. The van der Waals surface area contributed by atoms with Crippen LogP contribution in [-0.2, 0) is 19.6 Å². The van der Waals surface area contributed by atoms with Crippen LogP contribution >= 0.6 is 11.3 Å². The number of para-hydroxylation sites is 1. The van der Waals surface area contributed by atoms with Crippen molar-refractivity contribution in [2.24, 2.45) is 0 Å². The van der Waals surface area contributed by atoms with Crippen molar-refractivity contribution >= 4 is 28.1 Å². The van der Waals surface area contributed by atoms with Gasteiger partial charge in [0.2, 0.25) is 0 Å². The maximum Gasteiger partial charge on any atom is 0.257 e. The molecule has 3 rings (SSSR count). The summed E-state index contributed by atoms with van der Waals surface area (Å²) in [5, 5.41) is 17.6. The summed E-state index contributed by atoms with van der Waals surface area (Å²) in [6.07, 6.45) is 4.77. The Bertz CT molecular complexity index is 922. The van der Waals surface area contributed by atoms with Crippen molar-refractivity contribution in [3.63, 3.8) is 0 Å². The monoisotopic (exact) mass is 409 g/mol. The van der Waals surface area contributed by atoms with Crippen LogP contribution < -0.4 is 10.6 Å². The van der Waals surface area contributed by atoms with E-state index in [1.54, 1.807) is 5.38 Å². The van der Waals surface area contributed by atoms with Gasteiger partial charge in [-0.1, -0.05) is 50.1 Å². The summed E-state index contributed by atoms with van der Waals surface area (Å²) in [5.74, 6) is -0.204. The van der Waals surface area contributed by atoms with E-state index in [-0.39, 0.29) is 12.5 Å². The summed E-state index contributed by atoms with van der Waals surface area (Å²) >= 11 is 1.30. The number of hydrogen-bond donors (Lipinski definition) is 3. The topological polar surface area (TPSA) is 74.2 Å². The molecule has 0 saturated heterocycles. The molecule has 1 heterocycles. The molecule has 1 aromatic heterocycles. The molecule has 0 atom stereocenters. The fourth-order valence-electron chi connectivity index (χ4n) is 3.05. The zero-order valence-corrected chi connectivity index (χ0v) is 17.5. The number of aliphatic hydroxyl groups is 1. The number of nitrogens with zero attached hydrogens (tertiary/aromatic N) is 1. The lowest BCUT2D eigenvalue weighted by Gasteiger charge is -2.12. The van der Waals surface area contributed by atoms with Crippen LogP contribution in [0, 0.1) is 0 Å². The fraction of sp³-hybridized carbons (Fsp3) is 0.304. The van der Waals surface area contributed by atoms with Crippen molar-refractivity contribution in [3.05, 3.63) is 76.3 Å². The molecule has 5 nitrogen and oxygen atoms in total. The molecule has 0 saturated carbocycles. The molecule has 2 aromatic carbocycles. The molecule has 0 bridgehead atoms. The normalized spacial score (nSPS) is 10.7. The zero-order valence-electron chi connectivity index (χ0n) is 16.6. The number of rotatable bonds is 10. The first kappa shape index (κ1) is 21.0.